The van der Waals surface area contributed by atoms with E-state index in [1.807, 2.05) is 24.3 Å². The average molecular weight is 806 g/mol. The summed E-state index contributed by atoms with van der Waals surface area (Å²) >= 11 is 0. The minimum absolute atomic E-state index is 0.0449. The SMILES string of the molecule is COC(=O)C1=CC23C=CC4CCC2CC=CC(C1CC(=O)O)C3OC1(CO)OC(CO4)C23OC(CCCO)=c4[nH]c(C(C)C5CCCCC5)cc4=C2CCC1(O)C3O. The van der Waals surface area contributed by atoms with Crippen LogP contribution in [0.25, 0.3) is 11.3 Å². The number of aliphatic hydroxyl groups excluding tert-OH is 3. The molecule has 13 nitrogen and oxygen atoms in total. The Labute approximate surface area is 338 Å². The number of allylic oxidation sites excluding steroid dienone is 1. The van der Waals surface area contributed by atoms with Crippen molar-refractivity contribution in [1.82, 2.24) is 4.98 Å². The fraction of sp³-hybridized carbons (Fsp3) is 0.689. The first-order valence-corrected chi connectivity index (χ1v) is 21.6. The van der Waals surface area contributed by atoms with E-state index in [0.717, 1.165) is 34.7 Å². The van der Waals surface area contributed by atoms with Gasteiger partial charge in [0.05, 0.1) is 37.7 Å². The topological polar surface area (TPSA) is 197 Å². The molecule has 13 heteroatoms. The fourth-order valence-electron chi connectivity index (χ4n) is 12.4. The van der Waals surface area contributed by atoms with Crippen molar-refractivity contribution < 1.29 is 58.8 Å². The summed E-state index contributed by atoms with van der Waals surface area (Å²) in [7, 11) is 1.28. The van der Waals surface area contributed by atoms with Crippen LogP contribution in [-0.2, 0) is 33.3 Å². The summed E-state index contributed by atoms with van der Waals surface area (Å²) in [5, 5.41) is 59.7. The van der Waals surface area contributed by atoms with Crippen LogP contribution in [0.15, 0.2) is 42.0 Å². The van der Waals surface area contributed by atoms with Crippen molar-refractivity contribution in [2.45, 2.75) is 138 Å². The Balaban J connectivity index is 1.21. The molecule has 316 valence electrons. The number of hydrogen-bond donors (Lipinski definition) is 6. The molecule has 2 saturated carbocycles. The Kier molecular flexibility index (Phi) is 10.4. The number of methoxy groups -OCH3 is 1. The summed E-state index contributed by atoms with van der Waals surface area (Å²) in [5.41, 5.74) is -2.80. The average Bonchev–Trinajstić information content (AvgIpc) is 3.54. The lowest BCUT2D eigenvalue weighted by Crippen LogP contribution is -2.83. The van der Waals surface area contributed by atoms with Crippen LogP contribution in [0, 0.1) is 29.1 Å². The lowest BCUT2D eigenvalue weighted by molar-refractivity contribution is -0.440. The van der Waals surface area contributed by atoms with Crippen LogP contribution >= 0.6 is 0 Å². The van der Waals surface area contributed by atoms with Crippen LogP contribution in [0.5, 0.6) is 0 Å². The van der Waals surface area contributed by atoms with Gasteiger partial charge in [-0.25, -0.2) is 4.79 Å². The number of fused-ring (bicyclic) bond motifs is 6. The van der Waals surface area contributed by atoms with E-state index >= 15 is 0 Å². The molecule has 2 spiro atoms. The maximum absolute atomic E-state index is 13.5. The van der Waals surface area contributed by atoms with Gasteiger partial charge < -0.3 is 54.2 Å². The summed E-state index contributed by atoms with van der Waals surface area (Å²) in [6, 6.07) is 2.18. The van der Waals surface area contributed by atoms with Crippen LogP contribution in [-0.4, -0.2) is 111 Å². The highest BCUT2D eigenvalue weighted by molar-refractivity contribution is 5.90. The highest BCUT2D eigenvalue weighted by Crippen LogP contribution is 2.61. The van der Waals surface area contributed by atoms with Crippen molar-refractivity contribution in [2.75, 3.05) is 26.9 Å². The first-order valence-electron chi connectivity index (χ1n) is 21.6. The molecule has 6 N–H and O–H groups in total. The molecule has 1 aromatic rings. The smallest absolute Gasteiger partial charge is 0.333 e. The Morgan fingerprint density at radius 1 is 1.09 bits per heavy atom. The molecule has 3 fully saturated rings. The normalized spacial score (nSPS) is 40.9. The summed E-state index contributed by atoms with van der Waals surface area (Å²) < 4.78 is 33.3. The van der Waals surface area contributed by atoms with Crippen LogP contribution in [0.1, 0.15) is 102 Å². The molecule has 4 heterocycles. The Bertz CT molecular complexity index is 2020. The lowest BCUT2D eigenvalue weighted by Gasteiger charge is -2.65. The molecule has 1 saturated heterocycles. The molecule has 58 heavy (non-hydrogen) atoms. The van der Waals surface area contributed by atoms with Gasteiger partial charge in [-0.2, -0.15) is 0 Å². The van der Waals surface area contributed by atoms with Gasteiger partial charge in [0, 0.05) is 46.8 Å². The molecule has 0 aromatic carbocycles. The summed E-state index contributed by atoms with van der Waals surface area (Å²) in [4.78, 5) is 29.7. The Morgan fingerprint density at radius 3 is 2.64 bits per heavy atom. The van der Waals surface area contributed by atoms with E-state index in [1.165, 1.54) is 26.4 Å². The number of aromatic nitrogens is 1. The van der Waals surface area contributed by atoms with E-state index in [1.54, 1.807) is 6.08 Å². The number of aliphatic carboxylic acids is 1. The van der Waals surface area contributed by atoms with Crippen molar-refractivity contribution in [3.05, 3.63) is 58.3 Å². The Morgan fingerprint density at radius 2 is 1.90 bits per heavy atom. The predicted octanol–water partition coefficient (Wildman–Crippen LogP) is 2.99. The van der Waals surface area contributed by atoms with Crippen LogP contribution < -0.4 is 10.6 Å². The summed E-state index contributed by atoms with van der Waals surface area (Å²) in [6.07, 6.45) is 14.1. The zero-order chi connectivity index (χ0) is 40.6. The first-order chi connectivity index (χ1) is 27.9. The third-order valence-electron chi connectivity index (χ3n) is 15.5. The number of nitrogens with one attached hydrogen (secondary N) is 1. The number of rotatable bonds is 9. The molecule has 0 amide bonds. The second-order valence-electron chi connectivity index (χ2n) is 18.2. The number of hydrogen-bond acceptors (Lipinski definition) is 11. The van der Waals surface area contributed by atoms with Crippen LogP contribution in [0.4, 0.5) is 0 Å². The lowest BCUT2D eigenvalue weighted by atomic mass is 9.58. The molecule has 1 aromatic heterocycles. The first kappa shape index (κ1) is 40.1. The second kappa shape index (κ2) is 15.0. The number of carbonyl (C=O) groups excluding carboxylic acids is 1. The monoisotopic (exact) mass is 805 g/mol. The van der Waals surface area contributed by atoms with Gasteiger partial charge in [0.25, 0.3) is 0 Å². The van der Waals surface area contributed by atoms with Crippen LogP contribution in [0.2, 0.25) is 0 Å². The van der Waals surface area contributed by atoms with E-state index in [9.17, 15) is 35.1 Å². The number of carboxylic acid groups (broad SMARTS) is 1. The van der Waals surface area contributed by atoms with Crippen molar-refractivity contribution in [1.29, 1.82) is 0 Å². The van der Waals surface area contributed by atoms with Gasteiger partial charge in [0.15, 0.2) is 11.2 Å². The van der Waals surface area contributed by atoms with E-state index in [4.69, 9.17) is 23.7 Å². The standard InChI is InChI=1S/C45H59NO12/c1-25(26-8-4-3-5-9-26)34-20-31-33-16-18-43(53)41(52)45(33,56-35(12-7-19-47)38(31)46-34)36-23-55-28-14-13-27-10-6-11-29-30(21-37(49)50)32(40(51)54-2)22-42(27,17-15-28)39(29)58-44(43,24-48)57-36/h6,11,15,17,20,22,25-30,36,39,41,46-48,52-53H,3-5,7-10,12-14,16,18-19,21,23-24H2,1-2H3,(H,49,50). The molecule has 7 bridgehead atoms. The Hall–Kier alpha value is -3.30. The molecule has 12 unspecified atom stereocenters. The van der Waals surface area contributed by atoms with Crippen molar-refractivity contribution in [2.24, 2.45) is 29.1 Å². The van der Waals surface area contributed by atoms with E-state index in [2.05, 4.69) is 18.0 Å². The zero-order valence-corrected chi connectivity index (χ0v) is 33.6. The van der Waals surface area contributed by atoms with Gasteiger partial charge in [0.2, 0.25) is 5.79 Å². The highest BCUT2D eigenvalue weighted by atomic mass is 16.7. The minimum atomic E-state index is -2.23. The number of aromatic amines is 1. The number of esters is 1. The maximum Gasteiger partial charge on any atom is 0.333 e. The molecule has 8 aliphatic rings. The maximum atomic E-state index is 13.5. The zero-order valence-electron chi connectivity index (χ0n) is 33.6. The number of ether oxygens (including phenoxy) is 5. The largest absolute Gasteiger partial charge is 0.481 e. The van der Waals surface area contributed by atoms with Gasteiger partial charge in [-0.15, -0.1) is 0 Å². The fourth-order valence-corrected chi connectivity index (χ4v) is 12.4. The molecule has 12 atom stereocenters. The molecular weight excluding hydrogens is 746 g/mol. The molecule has 0 radical (unpaired) electrons. The summed E-state index contributed by atoms with van der Waals surface area (Å²) in [6.45, 7) is 1.27. The van der Waals surface area contributed by atoms with Crippen molar-refractivity contribution in [3.63, 3.8) is 0 Å². The van der Waals surface area contributed by atoms with E-state index in [0.29, 0.717) is 43.8 Å². The summed E-state index contributed by atoms with van der Waals surface area (Å²) in [5.74, 6) is -4.33. The predicted molar refractivity (Wildman–Crippen MR) is 209 cm³/mol. The number of H-pyrrole nitrogens is 1. The van der Waals surface area contributed by atoms with Gasteiger partial charge in [-0.3, -0.25) is 4.79 Å². The molecule has 9 rings (SSSR count). The number of aliphatic hydroxyl groups is 4. The number of carboxylic acids is 1. The molecule has 5 aliphatic carbocycles. The third kappa shape index (κ3) is 5.89. The molecule has 3 aliphatic heterocycles. The van der Waals surface area contributed by atoms with Gasteiger partial charge in [-0.05, 0) is 80.8 Å². The van der Waals surface area contributed by atoms with Gasteiger partial charge in [-0.1, -0.05) is 56.6 Å². The van der Waals surface area contributed by atoms with Gasteiger partial charge in [0.1, 0.15) is 24.6 Å². The minimum Gasteiger partial charge on any atom is -0.481 e. The van der Waals surface area contributed by atoms with Crippen molar-refractivity contribution in [3.8, 4) is 0 Å². The van der Waals surface area contributed by atoms with Crippen LogP contribution in [0.3, 0.4) is 0 Å². The highest BCUT2D eigenvalue weighted by Gasteiger charge is 2.76. The quantitative estimate of drug-likeness (QED) is 0.158. The third-order valence-corrected chi connectivity index (χ3v) is 15.5. The van der Waals surface area contributed by atoms with Gasteiger partial charge >= 0.3 is 11.9 Å². The molecular formula is C45H59NO12. The van der Waals surface area contributed by atoms with Crippen molar-refractivity contribution >= 4 is 23.3 Å². The van der Waals surface area contributed by atoms with E-state index in [-0.39, 0.29) is 43.5 Å². The number of carbonyl (C=O) groups is 2. The second-order valence-corrected chi connectivity index (χ2v) is 18.2. The van der Waals surface area contributed by atoms with E-state index < -0.39 is 83.6 Å².